The molecule has 0 aromatic heterocycles. The standard InChI is InChI=1S/C21H25NO4/c1-15-8-10-17(11-9-15)20-12-22(16(2)13-25-20)21(23)14-26-19-7-5-4-6-18(19)24-3/h4-11,16,20H,12-14H2,1-3H3. The summed E-state index contributed by atoms with van der Waals surface area (Å²) in [6.45, 7) is 5.06. The third-order valence-electron chi connectivity index (χ3n) is 4.62. The fourth-order valence-corrected chi connectivity index (χ4v) is 3.05. The summed E-state index contributed by atoms with van der Waals surface area (Å²) in [6.07, 6.45) is -0.109. The van der Waals surface area contributed by atoms with Crippen molar-refractivity contribution in [2.45, 2.75) is 26.0 Å². The van der Waals surface area contributed by atoms with E-state index in [1.54, 1.807) is 13.2 Å². The predicted molar refractivity (Wildman–Crippen MR) is 99.5 cm³/mol. The predicted octanol–water partition coefficient (Wildman–Crippen LogP) is 3.37. The number of nitrogens with zero attached hydrogens (tertiary/aromatic N) is 1. The van der Waals surface area contributed by atoms with Gasteiger partial charge < -0.3 is 19.1 Å². The maximum absolute atomic E-state index is 12.7. The number of morpholine rings is 1. The molecule has 1 fully saturated rings. The van der Waals surface area contributed by atoms with Crippen molar-refractivity contribution < 1.29 is 19.0 Å². The number of para-hydroxylation sites is 2. The first-order valence-corrected chi connectivity index (χ1v) is 8.82. The molecule has 2 aromatic carbocycles. The van der Waals surface area contributed by atoms with Crippen molar-refractivity contribution in [1.29, 1.82) is 0 Å². The Labute approximate surface area is 154 Å². The van der Waals surface area contributed by atoms with Crippen molar-refractivity contribution >= 4 is 5.91 Å². The number of carbonyl (C=O) groups excluding carboxylic acids is 1. The van der Waals surface area contributed by atoms with Gasteiger partial charge in [0.2, 0.25) is 0 Å². The Morgan fingerprint density at radius 3 is 2.54 bits per heavy atom. The van der Waals surface area contributed by atoms with Gasteiger partial charge in [-0.1, -0.05) is 42.0 Å². The molecule has 1 heterocycles. The van der Waals surface area contributed by atoms with Gasteiger partial charge in [0.25, 0.3) is 5.91 Å². The van der Waals surface area contributed by atoms with Crippen LogP contribution in [0.15, 0.2) is 48.5 Å². The van der Waals surface area contributed by atoms with E-state index in [1.807, 2.05) is 30.0 Å². The highest BCUT2D eigenvalue weighted by Gasteiger charge is 2.30. The summed E-state index contributed by atoms with van der Waals surface area (Å²) in [7, 11) is 1.58. The molecule has 0 bridgehead atoms. The molecule has 1 saturated heterocycles. The van der Waals surface area contributed by atoms with Crippen LogP contribution in [-0.2, 0) is 9.53 Å². The normalized spacial score (nSPS) is 19.9. The molecular formula is C21H25NO4. The monoisotopic (exact) mass is 355 g/mol. The number of hydrogen-bond donors (Lipinski definition) is 0. The van der Waals surface area contributed by atoms with Crippen LogP contribution in [0.4, 0.5) is 0 Å². The summed E-state index contributed by atoms with van der Waals surface area (Å²) < 4.78 is 16.9. The average molecular weight is 355 g/mol. The number of carbonyl (C=O) groups is 1. The first kappa shape index (κ1) is 18.3. The average Bonchev–Trinajstić information content (AvgIpc) is 2.67. The van der Waals surface area contributed by atoms with Gasteiger partial charge in [-0.15, -0.1) is 0 Å². The van der Waals surface area contributed by atoms with E-state index < -0.39 is 0 Å². The van der Waals surface area contributed by atoms with E-state index in [2.05, 4.69) is 31.2 Å². The lowest BCUT2D eigenvalue weighted by Gasteiger charge is -2.38. The van der Waals surface area contributed by atoms with E-state index in [4.69, 9.17) is 14.2 Å². The zero-order valence-electron chi connectivity index (χ0n) is 15.5. The molecule has 26 heavy (non-hydrogen) atoms. The van der Waals surface area contributed by atoms with Crippen molar-refractivity contribution in [3.63, 3.8) is 0 Å². The van der Waals surface area contributed by atoms with Crippen LogP contribution in [-0.4, -0.2) is 43.7 Å². The lowest BCUT2D eigenvalue weighted by Crippen LogP contribution is -2.49. The summed E-state index contributed by atoms with van der Waals surface area (Å²) in [6, 6.07) is 15.6. The maximum atomic E-state index is 12.7. The lowest BCUT2D eigenvalue weighted by molar-refractivity contribution is -0.146. The van der Waals surface area contributed by atoms with E-state index in [0.717, 1.165) is 5.56 Å². The van der Waals surface area contributed by atoms with Crippen molar-refractivity contribution in [2.75, 3.05) is 26.9 Å². The first-order valence-electron chi connectivity index (χ1n) is 8.82. The molecule has 1 amide bonds. The number of ether oxygens (including phenoxy) is 3. The van der Waals surface area contributed by atoms with E-state index in [1.165, 1.54) is 5.56 Å². The lowest BCUT2D eigenvalue weighted by atomic mass is 10.0. The highest BCUT2D eigenvalue weighted by molar-refractivity contribution is 5.78. The summed E-state index contributed by atoms with van der Waals surface area (Å²) >= 11 is 0. The second-order valence-electron chi connectivity index (χ2n) is 6.57. The molecule has 5 nitrogen and oxygen atoms in total. The molecule has 2 aromatic rings. The SMILES string of the molecule is COc1ccccc1OCC(=O)N1CC(c2ccc(C)cc2)OCC1C. The molecule has 0 radical (unpaired) electrons. The van der Waals surface area contributed by atoms with Gasteiger partial charge in [-0.05, 0) is 31.5 Å². The van der Waals surface area contributed by atoms with Crippen LogP contribution in [0.3, 0.4) is 0 Å². The summed E-state index contributed by atoms with van der Waals surface area (Å²) in [5.74, 6) is 1.14. The highest BCUT2D eigenvalue weighted by atomic mass is 16.5. The molecule has 3 rings (SSSR count). The Bertz CT molecular complexity index is 744. The van der Waals surface area contributed by atoms with E-state index in [0.29, 0.717) is 24.7 Å². The minimum Gasteiger partial charge on any atom is -0.493 e. The van der Waals surface area contributed by atoms with Crippen LogP contribution in [0, 0.1) is 6.92 Å². The van der Waals surface area contributed by atoms with Gasteiger partial charge in [0.15, 0.2) is 18.1 Å². The number of hydrogen-bond acceptors (Lipinski definition) is 4. The van der Waals surface area contributed by atoms with Crippen molar-refractivity contribution in [3.8, 4) is 11.5 Å². The first-order chi connectivity index (χ1) is 12.6. The second-order valence-corrected chi connectivity index (χ2v) is 6.57. The molecule has 2 unspecified atom stereocenters. The molecule has 2 atom stereocenters. The van der Waals surface area contributed by atoms with Gasteiger partial charge >= 0.3 is 0 Å². The van der Waals surface area contributed by atoms with Gasteiger partial charge in [-0.25, -0.2) is 0 Å². The number of benzene rings is 2. The van der Waals surface area contributed by atoms with Gasteiger partial charge in [0.1, 0.15) is 6.10 Å². The molecule has 0 aliphatic carbocycles. The van der Waals surface area contributed by atoms with Gasteiger partial charge in [0.05, 0.1) is 26.3 Å². The number of methoxy groups -OCH3 is 1. The fraction of sp³-hybridized carbons (Fsp3) is 0.381. The number of aryl methyl sites for hydroxylation is 1. The molecule has 5 heteroatoms. The van der Waals surface area contributed by atoms with Gasteiger partial charge in [-0.3, -0.25) is 4.79 Å². The number of amides is 1. The highest BCUT2D eigenvalue weighted by Crippen LogP contribution is 2.27. The van der Waals surface area contributed by atoms with Crippen LogP contribution in [0.2, 0.25) is 0 Å². The topological polar surface area (TPSA) is 48.0 Å². The van der Waals surface area contributed by atoms with E-state index in [9.17, 15) is 4.79 Å². The zero-order valence-corrected chi connectivity index (χ0v) is 15.5. The van der Waals surface area contributed by atoms with Crippen molar-refractivity contribution in [3.05, 3.63) is 59.7 Å². The molecule has 138 valence electrons. The van der Waals surface area contributed by atoms with Crippen LogP contribution < -0.4 is 9.47 Å². The molecule has 0 N–H and O–H groups in total. The molecular weight excluding hydrogens is 330 g/mol. The minimum atomic E-state index is -0.109. The second kappa shape index (κ2) is 8.23. The molecule has 0 saturated carbocycles. The summed E-state index contributed by atoms with van der Waals surface area (Å²) in [5, 5.41) is 0. The Morgan fingerprint density at radius 1 is 1.15 bits per heavy atom. The van der Waals surface area contributed by atoms with E-state index >= 15 is 0 Å². The Morgan fingerprint density at radius 2 is 1.85 bits per heavy atom. The Hall–Kier alpha value is -2.53. The Kier molecular flexibility index (Phi) is 5.78. The third kappa shape index (κ3) is 4.17. The summed E-state index contributed by atoms with van der Waals surface area (Å²) in [5.41, 5.74) is 2.29. The fourth-order valence-electron chi connectivity index (χ4n) is 3.05. The van der Waals surface area contributed by atoms with Crippen molar-refractivity contribution in [2.24, 2.45) is 0 Å². The smallest absolute Gasteiger partial charge is 0.260 e. The summed E-state index contributed by atoms with van der Waals surface area (Å²) in [4.78, 5) is 14.6. The molecule has 0 spiro atoms. The van der Waals surface area contributed by atoms with Crippen LogP contribution in [0.25, 0.3) is 0 Å². The van der Waals surface area contributed by atoms with Crippen LogP contribution >= 0.6 is 0 Å². The third-order valence-corrected chi connectivity index (χ3v) is 4.62. The quantitative estimate of drug-likeness (QED) is 0.825. The van der Waals surface area contributed by atoms with E-state index in [-0.39, 0.29) is 24.7 Å². The minimum absolute atomic E-state index is 0.0190. The van der Waals surface area contributed by atoms with Gasteiger partial charge in [0, 0.05) is 0 Å². The van der Waals surface area contributed by atoms with Crippen molar-refractivity contribution in [1.82, 2.24) is 4.90 Å². The van der Waals surface area contributed by atoms with Crippen LogP contribution in [0.5, 0.6) is 11.5 Å². The van der Waals surface area contributed by atoms with Gasteiger partial charge in [-0.2, -0.15) is 0 Å². The Balaban J connectivity index is 1.64. The number of rotatable bonds is 5. The van der Waals surface area contributed by atoms with Crippen LogP contribution in [0.1, 0.15) is 24.2 Å². The largest absolute Gasteiger partial charge is 0.493 e. The molecule has 1 aliphatic heterocycles. The zero-order chi connectivity index (χ0) is 18.5. The molecule has 1 aliphatic rings. The maximum Gasteiger partial charge on any atom is 0.260 e.